The van der Waals surface area contributed by atoms with Crippen molar-refractivity contribution in [3.8, 4) is 0 Å². The lowest BCUT2D eigenvalue weighted by atomic mass is 9.60. The highest BCUT2D eigenvalue weighted by molar-refractivity contribution is 5.38. The summed E-state index contributed by atoms with van der Waals surface area (Å²) in [6, 6.07) is 0. The first kappa shape index (κ1) is 22.8. The maximum atomic E-state index is 10.1. The van der Waals surface area contributed by atoms with Gasteiger partial charge in [-0.3, -0.25) is 0 Å². The van der Waals surface area contributed by atoms with E-state index in [4.69, 9.17) is 0 Å². The van der Waals surface area contributed by atoms with Gasteiger partial charge in [0.05, 0.1) is 12.2 Å². The second-order valence-corrected chi connectivity index (χ2v) is 11.0. The molecule has 3 rings (SSSR count). The van der Waals surface area contributed by atoms with Crippen LogP contribution in [0.4, 0.5) is 0 Å². The van der Waals surface area contributed by atoms with Crippen LogP contribution in [0.15, 0.2) is 35.5 Å². The van der Waals surface area contributed by atoms with Crippen molar-refractivity contribution >= 4 is 0 Å². The molecule has 0 aromatic carbocycles. The zero-order valence-corrected chi connectivity index (χ0v) is 19.3. The van der Waals surface area contributed by atoms with Crippen molar-refractivity contribution in [2.75, 3.05) is 0 Å². The molecule has 1 unspecified atom stereocenters. The molecule has 0 spiro atoms. The first-order chi connectivity index (χ1) is 13.7. The van der Waals surface area contributed by atoms with Gasteiger partial charge in [0.1, 0.15) is 0 Å². The largest absolute Gasteiger partial charge is 0.393 e. The van der Waals surface area contributed by atoms with Gasteiger partial charge in [0.15, 0.2) is 0 Å². The Morgan fingerprint density at radius 3 is 2.62 bits per heavy atom. The Kier molecular flexibility index (Phi) is 7.49. The summed E-state index contributed by atoms with van der Waals surface area (Å²) in [5, 5.41) is 20.2. The molecule has 164 valence electrons. The molecular weight excluding hydrogens is 356 g/mol. The highest BCUT2D eigenvalue weighted by Crippen LogP contribution is 2.59. The number of allylic oxidation sites excluding steroid dienone is 3. The Balaban J connectivity index is 1.71. The average Bonchev–Trinajstić information content (AvgIpc) is 3.00. The number of fused-ring (bicyclic) bond motifs is 1. The minimum Gasteiger partial charge on any atom is -0.393 e. The molecule has 6 atom stereocenters. The van der Waals surface area contributed by atoms with Crippen molar-refractivity contribution in [2.24, 2.45) is 29.1 Å². The van der Waals surface area contributed by atoms with E-state index in [0.29, 0.717) is 24.2 Å². The van der Waals surface area contributed by atoms with Gasteiger partial charge in [-0.05, 0) is 78.8 Å². The Morgan fingerprint density at radius 2 is 1.90 bits per heavy atom. The quantitative estimate of drug-likeness (QED) is 0.528. The molecule has 0 saturated heterocycles. The predicted octanol–water partition coefficient (Wildman–Crippen LogP) is 6.59. The van der Waals surface area contributed by atoms with Gasteiger partial charge in [0, 0.05) is 6.42 Å². The van der Waals surface area contributed by atoms with Crippen LogP contribution in [-0.2, 0) is 0 Å². The van der Waals surface area contributed by atoms with Crippen molar-refractivity contribution in [3.63, 3.8) is 0 Å². The van der Waals surface area contributed by atoms with Crippen molar-refractivity contribution in [2.45, 2.75) is 104 Å². The van der Waals surface area contributed by atoms with Gasteiger partial charge in [-0.15, -0.1) is 0 Å². The number of rotatable bonds is 6. The summed E-state index contributed by atoms with van der Waals surface area (Å²) in [5.74, 6) is 3.20. The molecule has 0 amide bonds. The molecule has 3 aliphatic rings. The SMILES string of the molecule is C=C1/C(=C/C=C2\CCC[C@@]3(C)C2CC[C@@H]3[C@H](C)CCCC(C)C)C[C@@H](O)C[C@H]1O. The minimum atomic E-state index is -0.595. The monoisotopic (exact) mass is 400 g/mol. The number of aliphatic hydroxyl groups excluding tert-OH is 2. The number of aliphatic hydroxyl groups is 2. The molecule has 2 nitrogen and oxygen atoms in total. The van der Waals surface area contributed by atoms with E-state index in [1.165, 1.54) is 51.4 Å². The Hall–Kier alpha value is -0.860. The van der Waals surface area contributed by atoms with Crippen LogP contribution in [0.5, 0.6) is 0 Å². The zero-order valence-electron chi connectivity index (χ0n) is 19.3. The maximum Gasteiger partial charge on any atom is 0.0811 e. The van der Waals surface area contributed by atoms with Crippen LogP contribution >= 0.6 is 0 Å². The Bertz CT molecular complexity index is 643. The molecule has 3 aliphatic carbocycles. The van der Waals surface area contributed by atoms with Crippen molar-refractivity contribution in [1.82, 2.24) is 0 Å². The molecule has 0 aromatic heterocycles. The molecule has 3 saturated carbocycles. The molecule has 29 heavy (non-hydrogen) atoms. The van der Waals surface area contributed by atoms with Gasteiger partial charge >= 0.3 is 0 Å². The van der Waals surface area contributed by atoms with Crippen LogP contribution in [0.1, 0.15) is 91.9 Å². The normalized spacial score (nSPS) is 39.3. The van der Waals surface area contributed by atoms with Crippen LogP contribution < -0.4 is 0 Å². The second-order valence-electron chi connectivity index (χ2n) is 11.0. The highest BCUT2D eigenvalue weighted by atomic mass is 16.3. The maximum absolute atomic E-state index is 10.1. The van der Waals surface area contributed by atoms with E-state index in [1.54, 1.807) is 5.57 Å². The van der Waals surface area contributed by atoms with E-state index in [9.17, 15) is 10.2 Å². The van der Waals surface area contributed by atoms with Gasteiger partial charge in [0.25, 0.3) is 0 Å². The van der Waals surface area contributed by atoms with Crippen LogP contribution in [0, 0.1) is 29.1 Å². The van der Waals surface area contributed by atoms with Gasteiger partial charge in [-0.25, -0.2) is 0 Å². The van der Waals surface area contributed by atoms with Crippen molar-refractivity contribution in [1.29, 1.82) is 0 Å². The first-order valence-electron chi connectivity index (χ1n) is 12.2. The van der Waals surface area contributed by atoms with Crippen LogP contribution in [0.2, 0.25) is 0 Å². The minimum absolute atomic E-state index is 0.420. The lowest BCUT2D eigenvalue weighted by molar-refractivity contribution is 0.0861. The fourth-order valence-electron chi connectivity index (χ4n) is 6.73. The van der Waals surface area contributed by atoms with E-state index >= 15 is 0 Å². The molecular formula is C27H44O2. The predicted molar refractivity (Wildman–Crippen MR) is 123 cm³/mol. The third kappa shape index (κ3) is 5.07. The van der Waals surface area contributed by atoms with E-state index in [0.717, 1.165) is 28.9 Å². The summed E-state index contributed by atoms with van der Waals surface area (Å²) in [6.07, 6.45) is 15.2. The summed E-state index contributed by atoms with van der Waals surface area (Å²) < 4.78 is 0. The molecule has 2 heteroatoms. The Labute approximate surface area is 179 Å². The van der Waals surface area contributed by atoms with E-state index in [1.807, 2.05) is 0 Å². The second kappa shape index (κ2) is 9.52. The van der Waals surface area contributed by atoms with Gasteiger partial charge in [0.2, 0.25) is 0 Å². The molecule has 0 aliphatic heterocycles. The molecule has 0 aromatic rings. The van der Waals surface area contributed by atoms with Crippen molar-refractivity contribution < 1.29 is 10.2 Å². The fraction of sp³-hybridized carbons (Fsp3) is 0.778. The van der Waals surface area contributed by atoms with Gasteiger partial charge in [-0.1, -0.05) is 71.3 Å². The average molecular weight is 401 g/mol. The smallest absolute Gasteiger partial charge is 0.0811 e. The zero-order chi connectivity index (χ0) is 21.2. The topological polar surface area (TPSA) is 40.5 Å². The third-order valence-electron chi connectivity index (χ3n) is 8.43. The van der Waals surface area contributed by atoms with Gasteiger partial charge in [-0.2, -0.15) is 0 Å². The third-order valence-corrected chi connectivity index (χ3v) is 8.43. The Morgan fingerprint density at radius 1 is 1.14 bits per heavy atom. The highest BCUT2D eigenvalue weighted by Gasteiger charge is 2.50. The van der Waals surface area contributed by atoms with Crippen LogP contribution in [0.3, 0.4) is 0 Å². The lowest BCUT2D eigenvalue weighted by Gasteiger charge is -2.44. The molecule has 0 radical (unpaired) electrons. The lowest BCUT2D eigenvalue weighted by Crippen LogP contribution is -2.36. The first-order valence-corrected chi connectivity index (χ1v) is 12.2. The standard InChI is InChI=1S/C27H44O2/c1-18(2)8-6-9-19(3)24-13-14-25-21(10-7-15-27(24,25)5)11-12-22-16-23(28)17-26(29)20(22)4/h11-12,18-19,23-26,28-29H,4,6-10,13-17H2,1-3,5H3/b21-11+,22-12+/t19-,23-,24-,25?,26-,27-/m1/s1. The van der Waals surface area contributed by atoms with E-state index in [2.05, 4.69) is 46.4 Å². The summed E-state index contributed by atoms with van der Waals surface area (Å²) in [7, 11) is 0. The number of hydrogen-bond acceptors (Lipinski definition) is 2. The van der Waals surface area contributed by atoms with Crippen molar-refractivity contribution in [3.05, 3.63) is 35.5 Å². The summed E-state index contributed by atoms with van der Waals surface area (Å²) >= 11 is 0. The van der Waals surface area contributed by atoms with E-state index in [-0.39, 0.29) is 0 Å². The van der Waals surface area contributed by atoms with Crippen LogP contribution in [-0.4, -0.2) is 22.4 Å². The molecule has 2 N–H and O–H groups in total. The molecule has 3 fully saturated rings. The summed E-state index contributed by atoms with van der Waals surface area (Å²) in [5.41, 5.74) is 3.88. The molecule has 0 bridgehead atoms. The number of hydrogen-bond donors (Lipinski definition) is 2. The van der Waals surface area contributed by atoms with Gasteiger partial charge < -0.3 is 10.2 Å². The summed E-state index contributed by atoms with van der Waals surface area (Å²) in [4.78, 5) is 0. The molecule has 0 heterocycles. The van der Waals surface area contributed by atoms with E-state index < -0.39 is 12.2 Å². The van der Waals surface area contributed by atoms with Crippen LogP contribution in [0.25, 0.3) is 0 Å². The summed E-state index contributed by atoms with van der Waals surface area (Å²) in [6.45, 7) is 13.8. The fourth-order valence-corrected chi connectivity index (χ4v) is 6.73.